The number of nitrogens with zero attached hydrogens (tertiary/aromatic N) is 2. The van der Waals surface area contributed by atoms with Crippen molar-refractivity contribution in [2.75, 3.05) is 6.61 Å². The molecule has 4 unspecified atom stereocenters. The highest BCUT2D eigenvalue weighted by Crippen LogP contribution is 2.36. The van der Waals surface area contributed by atoms with Crippen LogP contribution in [0.15, 0.2) is 42.6 Å². The average molecular weight is 408 g/mol. The first-order valence-electron chi connectivity index (χ1n) is 11.1. The number of hydrogen-bond acceptors (Lipinski definition) is 4. The van der Waals surface area contributed by atoms with E-state index in [1.807, 2.05) is 12.1 Å². The maximum Gasteiger partial charge on any atom is 0.204 e. The number of fused-ring (bicyclic) bond motifs is 1. The van der Waals surface area contributed by atoms with Crippen LogP contribution in [0.5, 0.6) is 5.75 Å². The lowest BCUT2D eigenvalue weighted by Crippen LogP contribution is -2.51. The molecule has 2 aromatic rings. The molecule has 0 amide bonds. The summed E-state index contributed by atoms with van der Waals surface area (Å²) in [6.07, 6.45) is 7.12. The summed E-state index contributed by atoms with van der Waals surface area (Å²) in [6.45, 7) is 4.91. The molecule has 0 spiro atoms. The number of nitrogens with two attached hydrogens (primary N) is 1. The standard InChI is InChI=1S/C24H33N5O/c1-16-6-5-7-17(2)29(16)24(27)28-14-19(11-13-23(28)26)30-15-18-10-12-22(25)21-9-4-3-8-20(18)21/h3-4,8-9,11,13-14,16-18,22,26-27H,5-7,10,12,15,25H2,1-2H3. The van der Waals surface area contributed by atoms with Crippen LogP contribution in [0.1, 0.15) is 69.0 Å². The fourth-order valence-electron chi connectivity index (χ4n) is 4.99. The van der Waals surface area contributed by atoms with Crippen molar-refractivity contribution in [3.05, 3.63) is 59.2 Å². The van der Waals surface area contributed by atoms with E-state index in [0.717, 1.165) is 25.7 Å². The van der Waals surface area contributed by atoms with Gasteiger partial charge in [0, 0.05) is 24.0 Å². The summed E-state index contributed by atoms with van der Waals surface area (Å²) in [7, 11) is 0. The molecule has 2 heterocycles. The third kappa shape index (κ3) is 4.01. The Morgan fingerprint density at radius 3 is 2.47 bits per heavy atom. The molecule has 0 saturated carbocycles. The molecule has 2 aliphatic rings. The first-order chi connectivity index (χ1) is 14.5. The Morgan fingerprint density at radius 1 is 1.03 bits per heavy atom. The van der Waals surface area contributed by atoms with Crippen LogP contribution in [-0.2, 0) is 0 Å². The van der Waals surface area contributed by atoms with Gasteiger partial charge in [-0.1, -0.05) is 24.3 Å². The highest BCUT2D eigenvalue weighted by molar-refractivity contribution is 5.80. The minimum absolute atomic E-state index is 0.108. The molecule has 1 fully saturated rings. The van der Waals surface area contributed by atoms with Gasteiger partial charge in [-0.2, -0.15) is 0 Å². The third-order valence-electron chi connectivity index (χ3n) is 6.70. The lowest BCUT2D eigenvalue weighted by Gasteiger charge is -2.40. The maximum atomic E-state index is 8.77. The molecular formula is C24H33N5O. The molecule has 1 aliphatic heterocycles. The van der Waals surface area contributed by atoms with Gasteiger partial charge >= 0.3 is 0 Å². The quantitative estimate of drug-likeness (QED) is 0.531. The van der Waals surface area contributed by atoms with Gasteiger partial charge in [0.25, 0.3) is 0 Å². The van der Waals surface area contributed by atoms with Crippen molar-refractivity contribution >= 4 is 5.96 Å². The molecule has 6 nitrogen and oxygen atoms in total. The second-order valence-electron chi connectivity index (χ2n) is 8.80. The number of benzene rings is 1. The fourth-order valence-corrected chi connectivity index (χ4v) is 4.99. The van der Waals surface area contributed by atoms with E-state index in [1.54, 1.807) is 16.8 Å². The molecule has 1 aromatic heterocycles. The van der Waals surface area contributed by atoms with Gasteiger partial charge in [-0.05, 0) is 69.2 Å². The van der Waals surface area contributed by atoms with E-state index in [4.69, 9.17) is 21.3 Å². The Bertz CT molecular complexity index is 958. The number of ether oxygens (including phenoxy) is 1. The van der Waals surface area contributed by atoms with Crippen molar-refractivity contribution in [3.8, 4) is 5.75 Å². The third-order valence-corrected chi connectivity index (χ3v) is 6.70. The lowest BCUT2D eigenvalue weighted by molar-refractivity contribution is 0.184. The number of piperidine rings is 1. The molecule has 4 rings (SSSR count). The van der Waals surface area contributed by atoms with Gasteiger partial charge in [0.15, 0.2) is 0 Å². The molecule has 1 aromatic carbocycles. The second kappa shape index (κ2) is 8.64. The zero-order valence-electron chi connectivity index (χ0n) is 18.0. The Balaban J connectivity index is 1.51. The predicted octanol–water partition coefficient (Wildman–Crippen LogP) is 3.97. The highest BCUT2D eigenvalue weighted by Gasteiger charge is 2.28. The number of pyridine rings is 1. The first-order valence-corrected chi connectivity index (χ1v) is 11.1. The minimum atomic E-state index is 0.108. The van der Waals surface area contributed by atoms with Crippen molar-refractivity contribution in [2.24, 2.45) is 5.73 Å². The lowest BCUT2D eigenvalue weighted by atomic mass is 9.81. The Kier molecular flexibility index (Phi) is 5.95. The Morgan fingerprint density at radius 2 is 1.73 bits per heavy atom. The zero-order valence-corrected chi connectivity index (χ0v) is 18.0. The summed E-state index contributed by atoms with van der Waals surface area (Å²) in [6, 6.07) is 12.7. The second-order valence-corrected chi connectivity index (χ2v) is 8.80. The summed E-state index contributed by atoms with van der Waals surface area (Å²) in [5.41, 5.74) is 9.09. The van der Waals surface area contributed by atoms with Gasteiger partial charge in [0.05, 0.1) is 12.8 Å². The highest BCUT2D eigenvalue weighted by atomic mass is 16.5. The number of nitrogens with one attached hydrogen (secondary N) is 2. The van der Waals surface area contributed by atoms with Crippen molar-refractivity contribution < 1.29 is 4.74 Å². The molecule has 30 heavy (non-hydrogen) atoms. The summed E-state index contributed by atoms with van der Waals surface area (Å²) in [5, 5.41) is 17.1. The zero-order chi connectivity index (χ0) is 21.3. The van der Waals surface area contributed by atoms with Gasteiger partial charge in [-0.3, -0.25) is 15.4 Å². The van der Waals surface area contributed by atoms with E-state index >= 15 is 0 Å². The van der Waals surface area contributed by atoms with Crippen LogP contribution in [0.25, 0.3) is 0 Å². The van der Waals surface area contributed by atoms with Crippen molar-refractivity contribution in [1.82, 2.24) is 9.47 Å². The van der Waals surface area contributed by atoms with Crippen LogP contribution in [0.2, 0.25) is 0 Å². The molecule has 4 N–H and O–H groups in total. The van der Waals surface area contributed by atoms with Crippen LogP contribution in [0.3, 0.4) is 0 Å². The van der Waals surface area contributed by atoms with Crippen molar-refractivity contribution in [2.45, 2.75) is 70.0 Å². The van der Waals surface area contributed by atoms with E-state index < -0.39 is 0 Å². The molecule has 6 heteroatoms. The van der Waals surface area contributed by atoms with Crippen molar-refractivity contribution in [1.29, 1.82) is 10.8 Å². The number of hydrogen-bond donors (Lipinski definition) is 3. The molecule has 1 saturated heterocycles. The van der Waals surface area contributed by atoms with E-state index in [2.05, 4.69) is 36.9 Å². The number of aromatic nitrogens is 1. The van der Waals surface area contributed by atoms with Crippen LogP contribution >= 0.6 is 0 Å². The summed E-state index contributed by atoms with van der Waals surface area (Å²) >= 11 is 0. The van der Waals surface area contributed by atoms with Crippen LogP contribution in [-0.4, -0.2) is 34.1 Å². The molecule has 0 radical (unpaired) electrons. The van der Waals surface area contributed by atoms with Crippen LogP contribution < -0.4 is 16.0 Å². The van der Waals surface area contributed by atoms with Gasteiger partial charge in [0.1, 0.15) is 11.2 Å². The molecule has 0 bridgehead atoms. The first kappa shape index (κ1) is 20.7. The molecule has 1 aliphatic carbocycles. The van der Waals surface area contributed by atoms with Crippen LogP contribution in [0.4, 0.5) is 0 Å². The fraction of sp³-hybridized carbons (Fsp3) is 0.500. The van der Waals surface area contributed by atoms with Crippen LogP contribution in [0, 0.1) is 10.8 Å². The van der Waals surface area contributed by atoms with Gasteiger partial charge in [0.2, 0.25) is 5.96 Å². The smallest absolute Gasteiger partial charge is 0.204 e. The monoisotopic (exact) mass is 407 g/mol. The molecular weight excluding hydrogens is 374 g/mol. The molecule has 160 valence electrons. The summed E-state index contributed by atoms with van der Waals surface area (Å²) in [5.74, 6) is 1.37. The summed E-state index contributed by atoms with van der Waals surface area (Å²) < 4.78 is 7.80. The normalized spacial score (nSPS) is 26.2. The average Bonchev–Trinajstić information content (AvgIpc) is 2.74. The topological polar surface area (TPSA) is 91.1 Å². The van der Waals surface area contributed by atoms with Gasteiger partial charge in [-0.25, -0.2) is 0 Å². The predicted molar refractivity (Wildman–Crippen MR) is 119 cm³/mol. The number of likely N-dealkylation sites (tertiary alicyclic amines) is 1. The van der Waals surface area contributed by atoms with E-state index in [0.29, 0.717) is 41.8 Å². The van der Waals surface area contributed by atoms with E-state index in [-0.39, 0.29) is 6.04 Å². The largest absolute Gasteiger partial charge is 0.491 e. The SMILES string of the molecule is CC1CCCC(C)N1C(=N)n1cc(OCC2CCC(N)c3ccccc32)ccc1=N. The van der Waals surface area contributed by atoms with Crippen molar-refractivity contribution in [3.63, 3.8) is 0 Å². The van der Waals surface area contributed by atoms with E-state index in [1.165, 1.54) is 17.5 Å². The minimum Gasteiger partial charge on any atom is -0.491 e. The van der Waals surface area contributed by atoms with Gasteiger partial charge < -0.3 is 15.4 Å². The Hall–Kier alpha value is -2.60. The molecule has 4 atom stereocenters. The van der Waals surface area contributed by atoms with Gasteiger partial charge in [-0.15, -0.1) is 0 Å². The maximum absolute atomic E-state index is 8.77. The summed E-state index contributed by atoms with van der Waals surface area (Å²) in [4.78, 5) is 2.13. The Labute approximate surface area is 178 Å². The van der Waals surface area contributed by atoms with E-state index in [9.17, 15) is 0 Å². The number of rotatable bonds is 3.